The van der Waals surface area contributed by atoms with Crippen LogP contribution < -0.4 is 5.32 Å². The molecule has 3 rings (SSSR count). The van der Waals surface area contributed by atoms with Gasteiger partial charge in [0.2, 0.25) is 5.91 Å². The molecule has 26 heavy (non-hydrogen) atoms. The van der Waals surface area contributed by atoms with Crippen LogP contribution in [-0.2, 0) is 4.79 Å². The first-order valence-electron chi connectivity index (χ1n) is 8.62. The van der Waals surface area contributed by atoms with E-state index in [0.717, 1.165) is 17.1 Å². The van der Waals surface area contributed by atoms with Crippen molar-refractivity contribution >= 4 is 23.0 Å². The number of rotatable bonds is 6. The van der Waals surface area contributed by atoms with Gasteiger partial charge in [-0.25, -0.2) is 0 Å². The summed E-state index contributed by atoms with van der Waals surface area (Å²) in [6, 6.07) is 27.0. The third kappa shape index (κ3) is 5.11. The Bertz CT molecular complexity index is 859. The van der Waals surface area contributed by atoms with E-state index >= 15 is 0 Å². The smallest absolute Gasteiger partial charge is 0.224 e. The number of nitrogens with zero attached hydrogens (tertiary/aromatic N) is 2. The molecule has 1 amide bonds. The van der Waals surface area contributed by atoms with Crippen LogP contribution in [0.15, 0.2) is 95.2 Å². The second kappa shape index (κ2) is 8.72. The number of anilines is 1. The molecule has 0 bridgehead atoms. The summed E-state index contributed by atoms with van der Waals surface area (Å²) in [5.41, 5.74) is 3.47. The Morgan fingerprint density at radius 1 is 0.808 bits per heavy atom. The van der Waals surface area contributed by atoms with Crippen molar-refractivity contribution in [3.05, 3.63) is 90.5 Å². The highest BCUT2D eigenvalue weighted by molar-refractivity contribution is 5.91. The summed E-state index contributed by atoms with van der Waals surface area (Å²) in [5.74, 6) is 0.176. The molecule has 130 valence electrons. The van der Waals surface area contributed by atoms with E-state index in [4.69, 9.17) is 0 Å². The zero-order valence-corrected chi connectivity index (χ0v) is 14.7. The third-order valence-corrected chi connectivity index (χ3v) is 4.05. The van der Waals surface area contributed by atoms with Crippen molar-refractivity contribution in [1.82, 2.24) is 0 Å². The topological polar surface area (TPSA) is 53.8 Å². The van der Waals surface area contributed by atoms with Gasteiger partial charge in [-0.2, -0.15) is 10.2 Å². The van der Waals surface area contributed by atoms with E-state index < -0.39 is 0 Å². The third-order valence-electron chi connectivity index (χ3n) is 4.05. The lowest BCUT2D eigenvalue weighted by molar-refractivity contribution is -0.116. The Morgan fingerprint density at radius 2 is 1.35 bits per heavy atom. The summed E-state index contributed by atoms with van der Waals surface area (Å²) in [6.07, 6.45) is 0.444. The maximum Gasteiger partial charge on any atom is 0.224 e. The Balaban J connectivity index is 1.55. The van der Waals surface area contributed by atoms with Gasteiger partial charge in [-0.15, -0.1) is 0 Å². The molecule has 1 atom stereocenters. The minimum atomic E-state index is 0.0000138. The summed E-state index contributed by atoms with van der Waals surface area (Å²) >= 11 is 0. The Hall–Kier alpha value is -3.27. The summed E-state index contributed by atoms with van der Waals surface area (Å²) in [5, 5.41) is 11.3. The molecule has 0 aliphatic rings. The van der Waals surface area contributed by atoms with Gasteiger partial charge in [0, 0.05) is 12.1 Å². The maximum atomic E-state index is 12.2. The van der Waals surface area contributed by atoms with Gasteiger partial charge < -0.3 is 5.32 Å². The molecule has 0 heterocycles. The molecule has 0 spiro atoms. The average molecular weight is 343 g/mol. The van der Waals surface area contributed by atoms with Gasteiger partial charge in [0.25, 0.3) is 0 Å². The minimum absolute atomic E-state index is 0.0000138. The monoisotopic (exact) mass is 343 g/mol. The lowest BCUT2D eigenvalue weighted by atomic mass is 9.97. The first-order chi connectivity index (χ1) is 12.7. The Morgan fingerprint density at radius 3 is 1.96 bits per heavy atom. The Kier molecular flexibility index (Phi) is 5.88. The number of hydrogen-bond donors (Lipinski definition) is 1. The predicted octanol–water partition coefficient (Wildman–Crippen LogP) is 6.23. The largest absolute Gasteiger partial charge is 0.326 e. The van der Waals surface area contributed by atoms with Crippen LogP contribution in [0.4, 0.5) is 17.1 Å². The van der Waals surface area contributed by atoms with Crippen molar-refractivity contribution in [2.45, 2.75) is 19.3 Å². The van der Waals surface area contributed by atoms with Gasteiger partial charge in [-0.05, 0) is 47.9 Å². The summed E-state index contributed by atoms with van der Waals surface area (Å²) in [7, 11) is 0. The number of amides is 1. The van der Waals surface area contributed by atoms with Gasteiger partial charge >= 0.3 is 0 Å². The Labute approximate surface area is 153 Å². The number of nitrogens with one attached hydrogen (secondary N) is 1. The number of carbonyl (C=O) groups is 1. The number of azo groups is 1. The lowest BCUT2D eigenvalue weighted by Gasteiger charge is -2.12. The summed E-state index contributed by atoms with van der Waals surface area (Å²) in [6.45, 7) is 2.06. The molecular weight excluding hydrogens is 322 g/mol. The van der Waals surface area contributed by atoms with Crippen molar-refractivity contribution in [3.8, 4) is 0 Å². The van der Waals surface area contributed by atoms with E-state index in [-0.39, 0.29) is 11.8 Å². The molecule has 3 aromatic rings. The fraction of sp³-hybridized carbons (Fsp3) is 0.136. The van der Waals surface area contributed by atoms with Crippen LogP contribution in [0.5, 0.6) is 0 Å². The molecule has 1 N–H and O–H groups in total. The molecule has 0 saturated heterocycles. The van der Waals surface area contributed by atoms with Crippen molar-refractivity contribution in [2.24, 2.45) is 10.2 Å². The normalized spacial score (nSPS) is 12.0. The maximum absolute atomic E-state index is 12.2. The quantitative estimate of drug-likeness (QED) is 0.530. The van der Waals surface area contributed by atoms with Crippen LogP contribution in [0.25, 0.3) is 0 Å². The zero-order chi connectivity index (χ0) is 18.2. The molecule has 4 heteroatoms. The molecule has 3 aromatic carbocycles. The lowest BCUT2D eigenvalue weighted by Crippen LogP contribution is -2.14. The van der Waals surface area contributed by atoms with Gasteiger partial charge in [0.15, 0.2) is 0 Å². The van der Waals surface area contributed by atoms with E-state index in [2.05, 4.69) is 22.5 Å². The fourth-order valence-electron chi connectivity index (χ4n) is 2.61. The highest BCUT2D eigenvalue weighted by atomic mass is 16.1. The van der Waals surface area contributed by atoms with E-state index in [1.807, 2.05) is 84.9 Å². The van der Waals surface area contributed by atoms with Gasteiger partial charge in [0.1, 0.15) is 0 Å². The highest BCUT2D eigenvalue weighted by Crippen LogP contribution is 2.22. The second-order valence-electron chi connectivity index (χ2n) is 6.15. The van der Waals surface area contributed by atoms with Crippen LogP contribution in [-0.4, -0.2) is 5.91 Å². The molecule has 0 unspecified atom stereocenters. The first-order valence-corrected chi connectivity index (χ1v) is 8.62. The number of benzene rings is 3. The highest BCUT2D eigenvalue weighted by Gasteiger charge is 2.11. The van der Waals surface area contributed by atoms with Crippen molar-refractivity contribution < 1.29 is 4.79 Å². The first kappa shape index (κ1) is 17.5. The number of carbonyl (C=O) groups excluding carboxylic acids is 1. The van der Waals surface area contributed by atoms with Gasteiger partial charge in [-0.3, -0.25) is 4.79 Å². The molecule has 0 saturated carbocycles. The van der Waals surface area contributed by atoms with Crippen LogP contribution in [0.2, 0.25) is 0 Å². The van der Waals surface area contributed by atoms with E-state index in [1.54, 1.807) is 0 Å². The molecule has 0 aliphatic carbocycles. The van der Waals surface area contributed by atoms with Crippen molar-refractivity contribution in [1.29, 1.82) is 0 Å². The molecule has 0 aromatic heterocycles. The molecular formula is C22H21N3O. The van der Waals surface area contributed by atoms with E-state index in [1.165, 1.54) is 5.56 Å². The van der Waals surface area contributed by atoms with Crippen LogP contribution in [0, 0.1) is 0 Å². The molecule has 0 aliphatic heterocycles. The van der Waals surface area contributed by atoms with Crippen LogP contribution in [0.3, 0.4) is 0 Å². The van der Waals surface area contributed by atoms with Gasteiger partial charge in [0.05, 0.1) is 11.4 Å². The zero-order valence-electron chi connectivity index (χ0n) is 14.7. The second-order valence-corrected chi connectivity index (χ2v) is 6.15. The number of hydrogen-bond acceptors (Lipinski definition) is 3. The summed E-state index contributed by atoms with van der Waals surface area (Å²) in [4.78, 5) is 12.2. The average Bonchev–Trinajstić information content (AvgIpc) is 2.69. The van der Waals surface area contributed by atoms with Crippen LogP contribution >= 0.6 is 0 Å². The van der Waals surface area contributed by atoms with E-state index in [0.29, 0.717) is 6.42 Å². The minimum Gasteiger partial charge on any atom is -0.326 e. The van der Waals surface area contributed by atoms with Crippen molar-refractivity contribution in [3.63, 3.8) is 0 Å². The predicted molar refractivity (Wildman–Crippen MR) is 105 cm³/mol. The van der Waals surface area contributed by atoms with Crippen molar-refractivity contribution in [2.75, 3.05) is 5.32 Å². The molecule has 0 radical (unpaired) electrons. The molecule has 4 nitrogen and oxygen atoms in total. The molecule has 0 fully saturated rings. The van der Waals surface area contributed by atoms with Crippen LogP contribution in [0.1, 0.15) is 24.8 Å². The standard InChI is InChI=1S/C22H21N3O/c1-17(18-8-4-2-5-9-18)16-22(26)23-19-12-14-21(15-13-19)25-24-20-10-6-3-7-11-20/h2-15,17H,16H2,1H3,(H,23,26)/t17-/m1/s1. The summed E-state index contributed by atoms with van der Waals surface area (Å²) < 4.78 is 0. The van der Waals surface area contributed by atoms with Gasteiger partial charge in [-0.1, -0.05) is 55.5 Å². The van der Waals surface area contributed by atoms with E-state index in [9.17, 15) is 4.79 Å². The SMILES string of the molecule is C[C@H](CC(=O)Nc1ccc(N=Nc2ccccc2)cc1)c1ccccc1. The fourth-order valence-corrected chi connectivity index (χ4v) is 2.61.